The first-order valence-corrected chi connectivity index (χ1v) is 13.4. The highest BCUT2D eigenvalue weighted by Gasteiger charge is 2.39. The summed E-state index contributed by atoms with van der Waals surface area (Å²) in [5.41, 5.74) is 3.16. The Balaban J connectivity index is 0.000000586. The second-order valence-electron chi connectivity index (χ2n) is 9.37. The van der Waals surface area contributed by atoms with Crippen molar-refractivity contribution in [2.45, 2.75) is 38.3 Å². The van der Waals surface area contributed by atoms with Crippen molar-refractivity contribution in [3.63, 3.8) is 0 Å². The molecule has 0 bridgehead atoms. The zero-order chi connectivity index (χ0) is 27.1. The molecular formula is C25H27F3N2O6S. The number of carbonyl (C=O) groups is 1. The van der Waals surface area contributed by atoms with Gasteiger partial charge in [0.15, 0.2) is 11.5 Å². The lowest BCUT2D eigenvalue weighted by molar-refractivity contribution is -0.167. The third-order valence-corrected chi connectivity index (χ3v) is 6.94. The minimum atomic E-state index is -4.97. The van der Waals surface area contributed by atoms with Gasteiger partial charge in [0.1, 0.15) is 0 Å². The number of fused-ring (bicyclic) bond motifs is 7. The summed E-state index contributed by atoms with van der Waals surface area (Å²) in [6.45, 7) is 0. The second kappa shape index (κ2) is 9.97. The van der Waals surface area contributed by atoms with E-state index in [-0.39, 0.29) is 5.69 Å². The molecule has 0 aliphatic heterocycles. The Morgan fingerprint density at radius 1 is 1.00 bits per heavy atom. The van der Waals surface area contributed by atoms with E-state index in [9.17, 15) is 26.4 Å². The van der Waals surface area contributed by atoms with Gasteiger partial charge in [-0.1, -0.05) is 6.42 Å². The summed E-state index contributed by atoms with van der Waals surface area (Å²) in [5, 5.41) is 4.43. The van der Waals surface area contributed by atoms with Crippen LogP contribution in [0.1, 0.15) is 30.4 Å². The fourth-order valence-electron chi connectivity index (χ4n) is 5.47. The number of nitrogens with zero attached hydrogens (tertiary/aromatic N) is 1. The number of hydrogen-bond acceptors (Lipinski definition) is 6. The summed E-state index contributed by atoms with van der Waals surface area (Å²) >= 11 is 0. The SMILES string of the molecule is COc1cc2c3c(c4ncc(NC(=O)C(F)(F)F)cc4c2cc1OC)CC1CCCC1C3.CS(=O)(=O)O. The molecule has 0 radical (unpaired) electrons. The van der Waals surface area contributed by atoms with E-state index in [1.54, 1.807) is 20.3 Å². The first-order chi connectivity index (χ1) is 17.3. The Labute approximate surface area is 211 Å². The molecule has 1 amide bonds. The molecule has 2 aliphatic carbocycles. The summed E-state index contributed by atoms with van der Waals surface area (Å²) < 4.78 is 75.2. The van der Waals surface area contributed by atoms with Crippen LogP contribution in [-0.4, -0.2) is 50.5 Å². The van der Waals surface area contributed by atoms with Crippen LogP contribution < -0.4 is 14.8 Å². The van der Waals surface area contributed by atoms with Gasteiger partial charge in [-0.15, -0.1) is 0 Å². The van der Waals surface area contributed by atoms with Crippen LogP contribution in [0.15, 0.2) is 24.4 Å². The first-order valence-electron chi connectivity index (χ1n) is 11.6. The number of benzene rings is 2. The Hall–Kier alpha value is -3.12. The molecule has 1 heterocycles. The number of pyridine rings is 1. The van der Waals surface area contributed by atoms with Crippen molar-refractivity contribution in [2.24, 2.45) is 11.8 Å². The molecule has 8 nitrogen and oxygen atoms in total. The minimum absolute atomic E-state index is 0.00501. The zero-order valence-corrected chi connectivity index (χ0v) is 21.3. The van der Waals surface area contributed by atoms with Crippen molar-refractivity contribution in [1.29, 1.82) is 0 Å². The summed E-state index contributed by atoms with van der Waals surface area (Å²) in [5.74, 6) is 0.357. The van der Waals surface area contributed by atoms with Crippen LogP contribution in [0.25, 0.3) is 21.7 Å². The number of nitrogens with one attached hydrogen (secondary N) is 1. The third-order valence-electron chi connectivity index (χ3n) is 6.94. The van der Waals surface area contributed by atoms with Crippen molar-refractivity contribution < 1.29 is 40.4 Å². The summed E-state index contributed by atoms with van der Waals surface area (Å²) in [7, 11) is -0.544. The summed E-state index contributed by atoms with van der Waals surface area (Å²) in [6, 6.07) is 5.36. The molecule has 0 spiro atoms. The molecule has 1 aromatic heterocycles. The van der Waals surface area contributed by atoms with Gasteiger partial charge in [-0.05, 0) is 77.6 Å². The van der Waals surface area contributed by atoms with Crippen molar-refractivity contribution in [2.75, 3.05) is 25.8 Å². The third kappa shape index (κ3) is 5.74. The number of methoxy groups -OCH3 is 2. The van der Waals surface area contributed by atoms with Crippen molar-refractivity contribution in [3.05, 3.63) is 35.5 Å². The van der Waals surface area contributed by atoms with Gasteiger partial charge in [-0.3, -0.25) is 14.3 Å². The molecular weight excluding hydrogens is 513 g/mol. The topological polar surface area (TPSA) is 115 Å². The molecule has 2 aromatic carbocycles. The number of hydrogen-bond donors (Lipinski definition) is 2. The maximum atomic E-state index is 12.8. The Kier molecular flexibility index (Phi) is 7.26. The van der Waals surface area contributed by atoms with Gasteiger partial charge in [-0.2, -0.15) is 21.6 Å². The van der Waals surface area contributed by atoms with E-state index >= 15 is 0 Å². The van der Waals surface area contributed by atoms with E-state index in [0.29, 0.717) is 35.0 Å². The number of carbonyl (C=O) groups excluding carboxylic acids is 1. The first kappa shape index (κ1) is 26.9. The number of halogens is 3. The number of amides is 1. The largest absolute Gasteiger partial charge is 0.493 e. The van der Waals surface area contributed by atoms with Gasteiger partial charge < -0.3 is 14.8 Å². The molecule has 2 aliphatic rings. The van der Waals surface area contributed by atoms with Crippen molar-refractivity contribution in [3.8, 4) is 11.5 Å². The maximum absolute atomic E-state index is 12.8. The molecule has 3 aromatic rings. The smallest absolute Gasteiger partial charge is 0.471 e. The lowest BCUT2D eigenvalue weighted by atomic mass is 9.75. The Morgan fingerprint density at radius 2 is 1.54 bits per heavy atom. The fourth-order valence-corrected chi connectivity index (χ4v) is 5.47. The highest BCUT2D eigenvalue weighted by molar-refractivity contribution is 7.85. The van der Waals surface area contributed by atoms with Crippen molar-refractivity contribution >= 4 is 43.4 Å². The molecule has 2 N–H and O–H groups in total. The van der Waals surface area contributed by atoms with Crippen LogP contribution in [-0.2, 0) is 27.8 Å². The van der Waals surface area contributed by atoms with Gasteiger partial charge >= 0.3 is 12.1 Å². The van der Waals surface area contributed by atoms with Crippen LogP contribution in [0.4, 0.5) is 18.9 Å². The Morgan fingerprint density at radius 3 is 2.08 bits per heavy atom. The molecule has 2 unspecified atom stereocenters. The number of anilines is 1. The van der Waals surface area contributed by atoms with Crippen molar-refractivity contribution in [1.82, 2.24) is 4.98 Å². The van der Waals surface area contributed by atoms with Gasteiger partial charge in [0, 0.05) is 5.39 Å². The predicted octanol–water partition coefficient (Wildman–Crippen LogP) is 4.92. The van der Waals surface area contributed by atoms with E-state index in [0.717, 1.165) is 34.7 Å². The van der Waals surface area contributed by atoms with E-state index < -0.39 is 22.2 Å². The van der Waals surface area contributed by atoms with Crippen LogP contribution in [0.5, 0.6) is 11.5 Å². The van der Waals surface area contributed by atoms with E-state index in [4.69, 9.17) is 14.0 Å². The zero-order valence-electron chi connectivity index (χ0n) is 20.5. The summed E-state index contributed by atoms with van der Waals surface area (Å²) in [6.07, 6.45) is 2.53. The van der Waals surface area contributed by atoms with Gasteiger partial charge in [-0.25, -0.2) is 0 Å². The quantitative estimate of drug-likeness (QED) is 0.358. The maximum Gasteiger partial charge on any atom is 0.471 e. The monoisotopic (exact) mass is 540 g/mol. The van der Waals surface area contributed by atoms with E-state index in [1.165, 1.54) is 31.0 Å². The molecule has 1 saturated carbocycles. The normalized spacial score (nSPS) is 19.0. The molecule has 2 atom stereocenters. The average Bonchev–Trinajstić information content (AvgIpc) is 3.28. The Bertz CT molecular complexity index is 1470. The average molecular weight is 541 g/mol. The lowest BCUT2D eigenvalue weighted by Crippen LogP contribution is -2.30. The number of ether oxygens (including phenoxy) is 2. The predicted molar refractivity (Wildman–Crippen MR) is 133 cm³/mol. The number of alkyl halides is 3. The van der Waals surface area contributed by atoms with Crippen LogP contribution >= 0.6 is 0 Å². The lowest BCUT2D eigenvalue weighted by Gasteiger charge is -2.30. The van der Waals surface area contributed by atoms with Gasteiger partial charge in [0.25, 0.3) is 10.1 Å². The highest BCUT2D eigenvalue weighted by atomic mass is 32.2. The molecule has 12 heteroatoms. The van der Waals surface area contributed by atoms with Gasteiger partial charge in [0.05, 0.1) is 37.9 Å². The standard InChI is InChI=1S/C24H23F3N2O3.CH4O3S/c1-31-20-9-16-15-6-12-4-3-5-13(12)7-18(15)22-19(17(16)10-21(20)32-2)8-14(11-28-22)29-23(30)24(25,26)27;1-5(2,3)4/h8-13H,3-7H2,1-2H3,(H,29,30);1H3,(H,2,3,4). The van der Waals surface area contributed by atoms with E-state index in [1.807, 2.05) is 17.4 Å². The molecule has 37 heavy (non-hydrogen) atoms. The second-order valence-corrected chi connectivity index (χ2v) is 10.8. The molecule has 200 valence electrons. The molecule has 5 rings (SSSR count). The highest BCUT2D eigenvalue weighted by Crippen LogP contribution is 2.47. The number of aromatic nitrogens is 1. The molecule has 0 saturated heterocycles. The van der Waals surface area contributed by atoms with E-state index in [2.05, 4.69) is 4.98 Å². The minimum Gasteiger partial charge on any atom is -0.493 e. The summed E-state index contributed by atoms with van der Waals surface area (Å²) in [4.78, 5) is 16.0. The van der Waals surface area contributed by atoms with Crippen LogP contribution in [0.2, 0.25) is 0 Å². The van der Waals surface area contributed by atoms with Gasteiger partial charge in [0.2, 0.25) is 0 Å². The van der Waals surface area contributed by atoms with Crippen LogP contribution in [0.3, 0.4) is 0 Å². The van der Waals surface area contributed by atoms with Crippen LogP contribution in [0, 0.1) is 11.8 Å². The number of rotatable bonds is 3. The fraction of sp³-hybridized carbons (Fsp3) is 0.440. The molecule has 1 fully saturated rings.